The number of carbonyl (C=O) groups excluding carboxylic acids is 1. The zero-order valence-electron chi connectivity index (χ0n) is 14.8. The molecule has 3 aromatic rings. The molecular formula is C22H20N2O2. The molecule has 0 unspecified atom stereocenters. The molecule has 1 amide bonds. The Kier molecular flexibility index (Phi) is 4.09. The quantitative estimate of drug-likeness (QED) is 0.744. The molecule has 0 fully saturated rings. The predicted octanol–water partition coefficient (Wildman–Crippen LogP) is 4.77. The predicted molar refractivity (Wildman–Crippen MR) is 104 cm³/mol. The first-order valence-corrected chi connectivity index (χ1v) is 8.57. The highest BCUT2D eigenvalue weighted by Gasteiger charge is 2.33. The fourth-order valence-corrected chi connectivity index (χ4v) is 3.24. The lowest BCUT2D eigenvalue weighted by molar-refractivity contribution is 0.0975. The summed E-state index contributed by atoms with van der Waals surface area (Å²) in [7, 11) is 1.65. The lowest BCUT2D eigenvalue weighted by Crippen LogP contribution is -2.43. The van der Waals surface area contributed by atoms with Crippen molar-refractivity contribution in [3.63, 3.8) is 0 Å². The number of ether oxygens (including phenoxy) is 1. The largest absolute Gasteiger partial charge is 0.497 e. The Morgan fingerprint density at radius 2 is 1.62 bits per heavy atom. The van der Waals surface area contributed by atoms with Crippen LogP contribution in [-0.2, 0) is 0 Å². The van der Waals surface area contributed by atoms with Crippen molar-refractivity contribution in [3.8, 4) is 5.75 Å². The summed E-state index contributed by atoms with van der Waals surface area (Å²) < 4.78 is 5.26. The summed E-state index contributed by atoms with van der Waals surface area (Å²) in [4.78, 5) is 15.1. The molecular weight excluding hydrogens is 324 g/mol. The first-order chi connectivity index (χ1) is 12.7. The smallest absolute Gasteiger partial charge is 0.262 e. The van der Waals surface area contributed by atoms with Crippen LogP contribution in [0, 0.1) is 6.92 Å². The van der Waals surface area contributed by atoms with Crippen molar-refractivity contribution in [2.75, 3.05) is 17.3 Å². The molecule has 0 saturated heterocycles. The summed E-state index contributed by atoms with van der Waals surface area (Å²) in [6.45, 7) is 2.04. The lowest BCUT2D eigenvalue weighted by Gasteiger charge is -2.38. The van der Waals surface area contributed by atoms with Gasteiger partial charge in [-0.2, -0.15) is 0 Å². The number of nitrogens with one attached hydrogen (secondary N) is 1. The maximum atomic E-state index is 13.3. The van der Waals surface area contributed by atoms with E-state index in [0.29, 0.717) is 5.56 Å². The van der Waals surface area contributed by atoms with Crippen LogP contribution in [0.5, 0.6) is 5.75 Å². The summed E-state index contributed by atoms with van der Waals surface area (Å²) in [6, 6.07) is 23.4. The standard InChI is InChI=1S/C22H20N2O2/c1-15-7-11-17(12-8-15)24-21(16-9-13-18(26-2)14-10-16)23-20-6-4-3-5-19(20)22(24)25/h3-14,21,23H,1-2H3/t21-/m1/s1. The maximum absolute atomic E-state index is 13.3. The molecule has 0 bridgehead atoms. The van der Waals surface area contributed by atoms with Gasteiger partial charge in [0, 0.05) is 11.4 Å². The van der Waals surface area contributed by atoms with E-state index in [9.17, 15) is 4.79 Å². The van der Waals surface area contributed by atoms with Gasteiger partial charge in [-0.25, -0.2) is 0 Å². The Morgan fingerprint density at radius 1 is 0.923 bits per heavy atom. The third kappa shape index (κ3) is 2.80. The monoisotopic (exact) mass is 344 g/mol. The second-order valence-electron chi connectivity index (χ2n) is 6.38. The second kappa shape index (κ2) is 6.56. The van der Waals surface area contributed by atoms with Gasteiger partial charge in [0.05, 0.1) is 12.7 Å². The average Bonchev–Trinajstić information content (AvgIpc) is 2.69. The van der Waals surface area contributed by atoms with Crippen molar-refractivity contribution in [3.05, 3.63) is 89.5 Å². The number of nitrogens with zero attached hydrogens (tertiary/aromatic N) is 1. The summed E-state index contributed by atoms with van der Waals surface area (Å²) in [5.41, 5.74) is 4.55. The van der Waals surface area contributed by atoms with E-state index >= 15 is 0 Å². The molecule has 0 radical (unpaired) electrons. The van der Waals surface area contributed by atoms with Crippen LogP contribution in [0.2, 0.25) is 0 Å². The van der Waals surface area contributed by atoms with Gasteiger partial charge >= 0.3 is 0 Å². The maximum Gasteiger partial charge on any atom is 0.262 e. The number of carbonyl (C=O) groups is 1. The molecule has 26 heavy (non-hydrogen) atoms. The minimum absolute atomic E-state index is 0.0102. The van der Waals surface area contributed by atoms with Crippen LogP contribution in [-0.4, -0.2) is 13.0 Å². The fourth-order valence-electron chi connectivity index (χ4n) is 3.24. The van der Waals surface area contributed by atoms with Crippen LogP contribution in [0.4, 0.5) is 11.4 Å². The Hall–Kier alpha value is -3.27. The minimum atomic E-state index is -0.286. The molecule has 4 nitrogen and oxygen atoms in total. The molecule has 0 aliphatic carbocycles. The van der Waals surface area contributed by atoms with Gasteiger partial charge in [0.25, 0.3) is 5.91 Å². The normalized spacial score (nSPS) is 16.0. The van der Waals surface area contributed by atoms with Crippen molar-refractivity contribution >= 4 is 17.3 Å². The summed E-state index contributed by atoms with van der Waals surface area (Å²) in [6.07, 6.45) is -0.286. The molecule has 4 rings (SSSR count). The van der Waals surface area contributed by atoms with Crippen molar-refractivity contribution in [2.24, 2.45) is 0 Å². The zero-order chi connectivity index (χ0) is 18.1. The van der Waals surface area contributed by atoms with E-state index in [2.05, 4.69) is 5.32 Å². The first kappa shape index (κ1) is 16.2. The third-order valence-corrected chi connectivity index (χ3v) is 4.67. The van der Waals surface area contributed by atoms with E-state index in [1.54, 1.807) is 7.11 Å². The lowest BCUT2D eigenvalue weighted by atomic mass is 10.0. The van der Waals surface area contributed by atoms with Gasteiger partial charge in [-0.3, -0.25) is 9.69 Å². The van der Waals surface area contributed by atoms with Gasteiger partial charge in [0.2, 0.25) is 0 Å². The zero-order valence-corrected chi connectivity index (χ0v) is 14.8. The van der Waals surface area contributed by atoms with Crippen molar-refractivity contribution in [2.45, 2.75) is 13.1 Å². The van der Waals surface area contributed by atoms with Crippen LogP contribution in [0.25, 0.3) is 0 Å². The molecule has 3 aromatic carbocycles. The van der Waals surface area contributed by atoms with Crippen molar-refractivity contribution in [1.29, 1.82) is 0 Å². The summed E-state index contributed by atoms with van der Waals surface area (Å²) in [5.74, 6) is 0.780. The Balaban J connectivity index is 1.82. The Morgan fingerprint density at radius 3 is 2.31 bits per heavy atom. The number of hydrogen-bond acceptors (Lipinski definition) is 3. The van der Waals surface area contributed by atoms with E-state index in [-0.39, 0.29) is 12.1 Å². The molecule has 1 atom stereocenters. The molecule has 0 spiro atoms. The van der Waals surface area contributed by atoms with Crippen LogP contribution < -0.4 is 15.0 Å². The molecule has 0 aromatic heterocycles. The second-order valence-corrected chi connectivity index (χ2v) is 6.38. The third-order valence-electron chi connectivity index (χ3n) is 4.67. The molecule has 4 heteroatoms. The number of para-hydroxylation sites is 1. The van der Waals surface area contributed by atoms with Crippen molar-refractivity contribution in [1.82, 2.24) is 0 Å². The fraction of sp³-hybridized carbons (Fsp3) is 0.136. The molecule has 1 N–H and O–H groups in total. The van der Waals surface area contributed by atoms with Crippen LogP contribution in [0.15, 0.2) is 72.8 Å². The number of aryl methyl sites for hydroxylation is 1. The summed E-state index contributed by atoms with van der Waals surface area (Å²) >= 11 is 0. The number of amides is 1. The van der Waals surface area contributed by atoms with E-state index < -0.39 is 0 Å². The van der Waals surface area contributed by atoms with Crippen molar-refractivity contribution < 1.29 is 9.53 Å². The Bertz CT molecular complexity index is 933. The van der Waals surface area contributed by atoms with Gasteiger partial charge in [-0.15, -0.1) is 0 Å². The number of anilines is 2. The van der Waals surface area contributed by atoms with E-state index in [0.717, 1.165) is 28.3 Å². The first-order valence-electron chi connectivity index (χ1n) is 8.57. The van der Waals surface area contributed by atoms with Gasteiger partial charge < -0.3 is 10.1 Å². The highest BCUT2D eigenvalue weighted by molar-refractivity contribution is 6.12. The number of rotatable bonds is 3. The average molecular weight is 344 g/mol. The van der Waals surface area contributed by atoms with Gasteiger partial charge in [0.1, 0.15) is 11.9 Å². The highest BCUT2D eigenvalue weighted by atomic mass is 16.5. The van der Waals surface area contributed by atoms with Gasteiger partial charge in [-0.05, 0) is 48.9 Å². The highest BCUT2D eigenvalue weighted by Crippen LogP contribution is 2.37. The number of benzene rings is 3. The van der Waals surface area contributed by atoms with E-state index in [1.807, 2.05) is 84.6 Å². The molecule has 0 saturated carbocycles. The minimum Gasteiger partial charge on any atom is -0.497 e. The topological polar surface area (TPSA) is 41.6 Å². The number of fused-ring (bicyclic) bond motifs is 1. The number of methoxy groups -OCH3 is 1. The van der Waals surface area contributed by atoms with Crippen LogP contribution in [0.1, 0.15) is 27.7 Å². The number of hydrogen-bond donors (Lipinski definition) is 1. The SMILES string of the molecule is COc1ccc([C@@H]2Nc3ccccc3C(=O)N2c2ccc(C)cc2)cc1. The summed E-state index contributed by atoms with van der Waals surface area (Å²) in [5, 5.41) is 3.51. The van der Waals surface area contributed by atoms with E-state index in [1.165, 1.54) is 0 Å². The molecule has 130 valence electrons. The van der Waals surface area contributed by atoms with Crippen LogP contribution in [0.3, 0.4) is 0 Å². The molecule has 1 aliphatic heterocycles. The molecule has 1 aliphatic rings. The Labute approximate surface area is 153 Å². The van der Waals surface area contributed by atoms with E-state index in [4.69, 9.17) is 4.74 Å². The van der Waals surface area contributed by atoms with Gasteiger partial charge in [0.15, 0.2) is 0 Å². The van der Waals surface area contributed by atoms with Gasteiger partial charge in [-0.1, -0.05) is 42.0 Å². The van der Waals surface area contributed by atoms with Crippen LogP contribution >= 0.6 is 0 Å². The molecule has 1 heterocycles.